The number of carboxylic acids is 1. The number of hydrogen-bond donors (Lipinski definition) is 2. The summed E-state index contributed by atoms with van der Waals surface area (Å²) in [6.45, 7) is 0. The van der Waals surface area contributed by atoms with Crippen LogP contribution in [-0.2, 0) is 0 Å². The molecule has 5 nitrogen and oxygen atoms in total. The van der Waals surface area contributed by atoms with E-state index in [2.05, 4.69) is 9.97 Å². The third-order valence-corrected chi connectivity index (χ3v) is 2.48. The van der Waals surface area contributed by atoms with Crippen LogP contribution in [-0.4, -0.2) is 21.0 Å². The van der Waals surface area contributed by atoms with Gasteiger partial charge in [0.1, 0.15) is 0 Å². The van der Waals surface area contributed by atoms with Crippen molar-refractivity contribution in [3.05, 3.63) is 42.4 Å². The summed E-state index contributed by atoms with van der Waals surface area (Å²) in [6, 6.07) is 9.65. The summed E-state index contributed by atoms with van der Waals surface area (Å²) in [7, 11) is 0. The van der Waals surface area contributed by atoms with Gasteiger partial charge in [-0.05, 0) is 12.1 Å². The second kappa shape index (κ2) is 3.48. The summed E-state index contributed by atoms with van der Waals surface area (Å²) in [6.07, 6.45) is 1.40. The first-order valence-corrected chi connectivity index (χ1v) is 5.01. The van der Waals surface area contributed by atoms with Gasteiger partial charge in [0.15, 0.2) is 5.76 Å². The average Bonchev–Trinajstić information content (AvgIpc) is 2.95. The summed E-state index contributed by atoms with van der Waals surface area (Å²) in [5, 5.41) is 9.76. The van der Waals surface area contributed by atoms with Gasteiger partial charge < -0.3 is 14.5 Å². The molecule has 0 spiro atoms. The van der Waals surface area contributed by atoms with E-state index in [1.807, 2.05) is 30.3 Å². The maximum atomic E-state index is 10.7. The molecule has 1 aromatic carbocycles. The molecule has 0 bridgehead atoms. The van der Waals surface area contributed by atoms with Gasteiger partial charge in [-0.25, -0.2) is 9.78 Å². The lowest BCUT2D eigenvalue weighted by Crippen LogP contribution is -1.94. The SMILES string of the molecule is O=C(O)c1ncc(-c2cc3ccccc3[nH]2)o1. The molecule has 0 saturated heterocycles. The molecule has 84 valence electrons. The van der Waals surface area contributed by atoms with Gasteiger partial charge in [-0.2, -0.15) is 0 Å². The maximum absolute atomic E-state index is 10.7. The molecule has 2 aromatic heterocycles. The molecule has 2 heterocycles. The summed E-state index contributed by atoms with van der Waals surface area (Å²) in [4.78, 5) is 17.5. The monoisotopic (exact) mass is 228 g/mol. The third-order valence-electron chi connectivity index (χ3n) is 2.48. The molecule has 0 aliphatic carbocycles. The quantitative estimate of drug-likeness (QED) is 0.706. The van der Waals surface area contributed by atoms with Crippen LogP contribution in [0.1, 0.15) is 10.7 Å². The average molecular weight is 228 g/mol. The first-order chi connectivity index (χ1) is 8.24. The molecule has 3 aromatic rings. The Hall–Kier alpha value is -2.56. The minimum absolute atomic E-state index is 0.307. The van der Waals surface area contributed by atoms with Crippen molar-refractivity contribution >= 4 is 16.9 Å². The van der Waals surface area contributed by atoms with Crippen LogP contribution in [0.4, 0.5) is 0 Å². The van der Waals surface area contributed by atoms with Crippen LogP contribution in [0.2, 0.25) is 0 Å². The number of carboxylic acid groups (broad SMARTS) is 1. The number of nitrogens with zero attached hydrogens (tertiary/aromatic N) is 1. The Morgan fingerprint density at radius 2 is 2.18 bits per heavy atom. The second-order valence-electron chi connectivity index (χ2n) is 3.61. The van der Waals surface area contributed by atoms with Crippen molar-refractivity contribution in [3.8, 4) is 11.5 Å². The van der Waals surface area contributed by atoms with Crippen molar-refractivity contribution in [2.24, 2.45) is 0 Å². The number of carbonyl (C=O) groups is 1. The zero-order valence-corrected chi connectivity index (χ0v) is 8.68. The third kappa shape index (κ3) is 1.57. The van der Waals surface area contributed by atoms with Crippen LogP contribution in [0.5, 0.6) is 0 Å². The first-order valence-electron chi connectivity index (χ1n) is 5.01. The van der Waals surface area contributed by atoms with Crippen LogP contribution in [0, 0.1) is 0 Å². The Morgan fingerprint density at radius 1 is 1.35 bits per heavy atom. The number of hydrogen-bond acceptors (Lipinski definition) is 3. The van der Waals surface area contributed by atoms with Crippen LogP contribution in [0.15, 0.2) is 40.9 Å². The van der Waals surface area contributed by atoms with Gasteiger partial charge in [-0.3, -0.25) is 0 Å². The fourth-order valence-corrected chi connectivity index (χ4v) is 1.70. The van der Waals surface area contributed by atoms with Crippen LogP contribution < -0.4 is 0 Å². The van der Waals surface area contributed by atoms with E-state index in [1.54, 1.807) is 0 Å². The highest BCUT2D eigenvalue weighted by Crippen LogP contribution is 2.24. The van der Waals surface area contributed by atoms with Crippen molar-refractivity contribution in [1.82, 2.24) is 9.97 Å². The number of aromatic carboxylic acids is 1. The molecule has 0 aliphatic rings. The molecular formula is C12H8N2O3. The maximum Gasteiger partial charge on any atom is 0.392 e. The van der Waals surface area contributed by atoms with Crippen molar-refractivity contribution in [2.45, 2.75) is 0 Å². The van der Waals surface area contributed by atoms with E-state index in [0.29, 0.717) is 11.5 Å². The normalized spacial score (nSPS) is 10.8. The number of fused-ring (bicyclic) bond motifs is 1. The molecule has 0 amide bonds. The Balaban J connectivity index is 2.10. The van der Waals surface area contributed by atoms with Crippen molar-refractivity contribution in [3.63, 3.8) is 0 Å². The second-order valence-corrected chi connectivity index (χ2v) is 3.61. The zero-order valence-electron chi connectivity index (χ0n) is 8.68. The lowest BCUT2D eigenvalue weighted by atomic mass is 10.2. The number of benzene rings is 1. The topological polar surface area (TPSA) is 79.1 Å². The minimum Gasteiger partial charge on any atom is -0.474 e. The van der Waals surface area contributed by atoms with Gasteiger partial charge in [0.25, 0.3) is 0 Å². The zero-order chi connectivity index (χ0) is 11.8. The van der Waals surface area contributed by atoms with Crippen molar-refractivity contribution in [1.29, 1.82) is 0 Å². The highest BCUT2D eigenvalue weighted by atomic mass is 16.4. The Kier molecular flexibility index (Phi) is 1.98. The fraction of sp³-hybridized carbons (Fsp3) is 0. The highest BCUT2D eigenvalue weighted by molar-refractivity contribution is 5.86. The fourth-order valence-electron chi connectivity index (χ4n) is 1.70. The Labute approximate surface area is 95.7 Å². The summed E-state index contributed by atoms with van der Waals surface area (Å²) < 4.78 is 5.12. The summed E-state index contributed by atoms with van der Waals surface area (Å²) in [5.74, 6) is -1.07. The van der Waals surface area contributed by atoms with E-state index in [1.165, 1.54) is 6.20 Å². The van der Waals surface area contributed by atoms with E-state index in [-0.39, 0.29) is 5.89 Å². The van der Waals surface area contributed by atoms with Crippen molar-refractivity contribution < 1.29 is 14.3 Å². The predicted molar refractivity (Wildman–Crippen MR) is 60.8 cm³/mol. The molecule has 2 N–H and O–H groups in total. The van der Waals surface area contributed by atoms with Gasteiger partial charge in [0.05, 0.1) is 11.9 Å². The number of H-pyrrole nitrogens is 1. The molecule has 0 atom stereocenters. The largest absolute Gasteiger partial charge is 0.474 e. The molecule has 0 aliphatic heterocycles. The Morgan fingerprint density at radius 3 is 2.88 bits per heavy atom. The van der Waals surface area contributed by atoms with Gasteiger partial charge >= 0.3 is 11.9 Å². The minimum atomic E-state index is -1.17. The lowest BCUT2D eigenvalue weighted by Gasteiger charge is -1.88. The number of oxazole rings is 1. The number of rotatable bonds is 2. The van der Waals surface area contributed by atoms with Crippen LogP contribution in [0.3, 0.4) is 0 Å². The molecule has 0 unspecified atom stereocenters. The van der Waals surface area contributed by atoms with Gasteiger partial charge in [0.2, 0.25) is 0 Å². The molecule has 5 heteroatoms. The standard InChI is InChI=1S/C12H8N2O3/c15-12(16)11-13-6-10(17-11)9-5-7-3-1-2-4-8(7)14-9/h1-6,14H,(H,15,16). The van der Waals surface area contributed by atoms with Crippen LogP contribution >= 0.6 is 0 Å². The van der Waals surface area contributed by atoms with E-state index < -0.39 is 5.97 Å². The number of nitrogens with one attached hydrogen (secondary N) is 1. The lowest BCUT2D eigenvalue weighted by molar-refractivity contribution is 0.0654. The molecule has 17 heavy (non-hydrogen) atoms. The predicted octanol–water partition coefficient (Wildman–Crippen LogP) is 2.52. The smallest absolute Gasteiger partial charge is 0.392 e. The number of aromatic nitrogens is 2. The molecule has 0 fully saturated rings. The van der Waals surface area contributed by atoms with Gasteiger partial charge in [0, 0.05) is 10.9 Å². The molecular weight excluding hydrogens is 220 g/mol. The van der Waals surface area contributed by atoms with Crippen LogP contribution in [0.25, 0.3) is 22.4 Å². The summed E-state index contributed by atoms with van der Waals surface area (Å²) >= 11 is 0. The van der Waals surface area contributed by atoms with E-state index in [0.717, 1.165) is 10.9 Å². The van der Waals surface area contributed by atoms with E-state index in [9.17, 15) is 4.79 Å². The number of para-hydroxylation sites is 1. The van der Waals surface area contributed by atoms with Gasteiger partial charge in [-0.1, -0.05) is 18.2 Å². The van der Waals surface area contributed by atoms with Gasteiger partial charge in [-0.15, -0.1) is 0 Å². The van der Waals surface area contributed by atoms with Crippen molar-refractivity contribution in [2.75, 3.05) is 0 Å². The molecule has 0 saturated carbocycles. The molecule has 0 radical (unpaired) electrons. The first kappa shape index (κ1) is 9.65. The highest BCUT2D eigenvalue weighted by Gasteiger charge is 2.13. The molecule has 3 rings (SSSR count). The Bertz CT molecular complexity index is 663. The summed E-state index contributed by atoms with van der Waals surface area (Å²) in [5.41, 5.74) is 1.68. The number of aromatic amines is 1. The van der Waals surface area contributed by atoms with E-state index in [4.69, 9.17) is 9.52 Å². The van der Waals surface area contributed by atoms with E-state index >= 15 is 0 Å².